The maximum absolute atomic E-state index is 13.4. The van der Waals surface area contributed by atoms with Gasteiger partial charge in [-0.3, -0.25) is 4.79 Å². The van der Waals surface area contributed by atoms with E-state index in [9.17, 15) is 13.6 Å². The number of hydrogen-bond donors (Lipinski definition) is 0. The summed E-state index contributed by atoms with van der Waals surface area (Å²) in [6.07, 6.45) is 3.80. The number of hydrogen-bond acceptors (Lipinski definition) is 2. The Morgan fingerprint density at radius 3 is 2.72 bits per heavy atom. The summed E-state index contributed by atoms with van der Waals surface area (Å²) in [5.41, 5.74) is -0.142. The number of halogens is 2. The maximum Gasteiger partial charge on any atom is 0.169 e. The van der Waals surface area contributed by atoms with Crippen molar-refractivity contribution in [2.24, 2.45) is 0 Å². The molecule has 0 unspecified atom stereocenters. The average molecular weight is 253 g/mol. The van der Waals surface area contributed by atoms with E-state index < -0.39 is 11.6 Å². The van der Waals surface area contributed by atoms with Crippen LogP contribution in [0.15, 0.2) is 18.2 Å². The van der Waals surface area contributed by atoms with Crippen LogP contribution < -0.4 is 0 Å². The van der Waals surface area contributed by atoms with Crippen LogP contribution in [0.3, 0.4) is 0 Å². The van der Waals surface area contributed by atoms with Crippen LogP contribution in [0.25, 0.3) is 0 Å². The van der Waals surface area contributed by atoms with Gasteiger partial charge in [0.05, 0.1) is 5.56 Å². The molecule has 18 heavy (non-hydrogen) atoms. The smallest absolute Gasteiger partial charge is 0.169 e. The molecule has 1 aromatic carbocycles. The largest absolute Gasteiger partial charge is 0.303 e. The van der Waals surface area contributed by atoms with Gasteiger partial charge in [-0.15, -0.1) is 0 Å². The first-order chi connectivity index (χ1) is 8.59. The van der Waals surface area contributed by atoms with E-state index in [0.717, 1.165) is 6.07 Å². The standard InChI is InChI=1S/C14H17F2NO/c1-17(10-4-2-5-10)9-8-13(18)11-6-3-7-12(15)14(11)16/h3,6-7,10H,2,4-5,8-9H2,1H3. The molecule has 2 rings (SSSR count). The number of nitrogens with zero attached hydrogens (tertiary/aromatic N) is 1. The zero-order valence-corrected chi connectivity index (χ0v) is 10.5. The Balaban J connectivity index is 1.93. The fourth-order valence-electron chi connectivity index (χ4n) is 2.14. The molecule has 0 saturated heterocycles. The van der Waals surface area contributed by atoms with Gasteiger partial charge in [0, 0.05) is 19.0 Å². The Bertz CT molecular complexity index is 443. The molecular formula is C14H17F2NO. The summed E-state index contributed by atoms with van der Waals surface area (Å²) in [7, 11) is 1.97. The highest BCUT2D eigenvalue weighted by atomic mass is 19.2. The molecule has 1 aliphatic carbocycles. The normalized spacial score (nSPS) is 15.8. The molecule has 0 aliphatic heterocycles. The number of Topliss-reactive ketones (excluding diaryl/α,β-unsaturated/α-hetero) is 1. The molecule has 98 valence electrons. The lowest BCUT2D eigenvalue weighted by Crippen LogP contribution is -2.38. The first kappa shape index (κ1) is 13.1. The second-order valence-corrected chi connectivity index (χ2v) is 4.84. The number of carbonyl (C=O) groups is 1. The first-order valence-corrected chi connectivity index (χ1v) is 6.27. The van der Waals surface area contributed by atoms with Crippen LogP contribution in [0.4, 0.5) is 8.78 Å². The fraction of sp³-hybridized carbons (Fsp3) is 0.500. The van der Waals surface area contributed by atoms with Crippen LogP contribution in [-0.4, -0.2) is 30.3 Å². The van der Waals surface area contributed by atoms with Crippen molar-refractivity contribution in [3.63, 3.8) is 0 Å². The van der Waals surface area contributed by atoms with Crippen molar-refractivity contribution in [3.05, 3.63) is 35.4 Å². The van der Waals surface area contributed by atoms with Gasteiger partial charge in [-0.1, -0.05) is 12.5 Å². The van der Waals surface area contributed by atoms with Gasteiger partial charge >= 0.3 is 0 Å². The minimum absolute atomic E-state index is 0.142. The van der Waals surface area contributed by atoms with E-state index in [0.29, 0.717) is 12.6 Å². The number of ketones is 1. The van der Waals surface area contributed by atoms with Crippen molar-refractivity contribution in [2.75, 3.05) is 13.6 Å². The summed E-state index contributed by atoms with van der Waals surface area (Å²) in [6.45, 7) is 0.597. The van der Waals surface area contributed by atoms with E-state index in [1.54, 1.807) is 0 Å². The Kier molecular flexibility index (Phi) is 4.07. The quantitative estimate of drug-likeness (QED) is 0.752. The van der Waals surface area contributed by atoms with E-state index in [-0.39, 0.29) is 17.8 Å². The number of benzene rings is 1. The zero-order chi connectivity index (χ0) is 13.1. The molecule has 0 bridgehead atoms. The summed E-state index contributed by atoms with van der Waals surface area (Å²) in [5, 5.41) is 0. The van der Waals surface area contributed by atoms with Crippen LogP contribution >= 0.6 is 0 Å². The topological polar surface area (TPSA) is 20.3 Å². The molecule has 0 heterocycles. The minimum Gasteiger partial charge on any atom is -0.303 e. The van der Waals surface area contributed by atoms with Crippen molar-refractivity contribution in [1.29, 1.82) is 0 Å². The van der Waals surface area contributed by atoms with Crippen molar-refractivity contribution in [2.45, 2.75) is 31.7 Å². The Hall–Kier alpha value is -1.29. The Morgan fingerprint density at radius 1 is 1.39 bits per heavy atom. The lowest BCUT2D eigenvalue weighted by atomic mass is 9.91. The first-order valence-electron chi connectivity index (χ1n) is 6.27. The van der Waals surface area contributed by atoms with Crippen LogP contribution in [0.1, 0.15) is 36.0 Å². The van der Waals surface area contributed by atoms with Crippen molar-refractivity contribution < 1.29 is 13.6 Å². The minimum atomic E-state index is -1.03. The SMILES string of the molecule is CN(CCC(=O)c1cccc(F)c1F)C1CCC1. The molecule has 2 nitrogen and oxygen atoms in total. The third-order valence-electron chi connectivity index (χ3n) is 3.64. The van der Waals surface area contributed by atoms with Crippen LogP contribution in [0.2, 0.25) is 0 Å². The van der Waals surface area contributed by atoms with Gasteiger partial charge in [0.2, 0.25) is 0 Å². The molecule has 4 heteroatoms. The van der Waals surface area contributed by atoms with E-state index in [1.807, 2.05) is 7.05 Å². The average Bonchev–Trinajstić information content (AvgIpc) is 2.27. The molecule has 1 fully saturated rings. The van der Waals surface area contributed by atoms with Gasteiger partial charge in [0.15, 0.2) is 17.4 Å². The lowest BCUT2D eigenvalue weighted by Gasteiger charge is -2.34. The maximum atomic E-state index is 13.4. The van der Waals surface area contributed by atoms with Gasteiger partial charge in [0.25, 0.3) is 0 Å². The van der Waals surface area contributed by atoms with E-state index in [4.69, 9.17) is 0 Å². The zero-order valence-electron chi connectivity index (χ0n) is 10.5. The summed E-state index contributed by atoms with van der Waals surface area (Å²) in [5.74, 6) is -2.33. The molecule has 1 aromatic rings. The molecule has 1 aliphatic rings. The van der Waals surface area contributed by atoms with E-state index in [2.05, 4.69) is 4.90 Å². The van der Waals surface area contributed by atoms with Gasteiger partial charge in [0.1, 0.15) is 0 Å². The molecular weight excluding hydrogens is 236 g/mol. The number of rotatable bonds is 5. The van der Waals surface area contributed by atoms with Crippen LogP contribution in [0, 0.1) is 11.6 Å². The Morgan fingerprint density at radius 2 is 2.11 bits per heavy atom. The lowest BCUT2D eigenvalue weighted by molar-refractivity contribution is 0.0934. The molecule has 0 amide bonds. The van der Waals surface area contributed by atoms with Gasteiger partial charge in [-0.05, 0) is 32.0 Å². The highest BCUT2D eigenvalue weighted by Gasteiger charge is 2.23. The molecule has 0 radical (unpaired) electrons. The number of carbonyl (C=O) groups excluding carboxylic acids is 1. The predicted octanol–water partition coefficient (Wildman–Crippen LogP) is 3.02. The van der Waals surface area contributed by atoms with Gasteiger partial charge in [-0.25, -0.2) is 8.78 Å². The molecule has 0 aromatic heterocycles. The Labute approximate surface area is 106 Å². The summed E-state index contributed by atoms with van der Waals surface area (Å²) in [4.78, 5) is 13.9. The molecule has 0 atom stereocenters. The highest BCUT2D eigenvalue weighted by molar-refractivity contribution is 5.96. The third-order valence-corrected chi connectivity index (χ3v) is 3.64. The third kappa shape index (κ3) is 2.75. The monoisotopic (exact) mass is 253 g/mol. The second kappa shape index (κ2) is 5.57. The fourth-order valence-corrected chi connectivity index (χ4v) is 2.14. The van der Waals surface area contributed by atoms with Crippen LogP contribution in [0.5, 0.6) is 0 Å². The highest BCUT2D eigenvalue weighted by Crippen LogP contribution is 2.23. The van der Waals surface area contributed by atoms with Crippen molar-refractivity contribution >= 4 is 5.78 Å². The van der Waals surface area contributed by atoms with Gasteiger partial charge in [-0.2, -0.15) is 0 Å². The van der Waals surface area contributed by atoms with Crippen molar-refractivity contribution in [3.8, 4) is 0 Å². The van der Waals surface area contributed by atoms with Crippen molar-refractivity contribution in [1.82, 2.24) is 4.90 Å². The summed E-state index contributed by atoms with van der Waals surface area (Å²) < 4.78 is 26.4. The van der Waals surface area contributed by atoms with E-state index in [1.165, 1.54) is 31.4 Å². The molecule has 0 N–H and O–H groups in total. The summed E-state index contributed by atoms with van der Waals surface area (Å²) >= 11 is 0. The molecule has 0 spiro atoms. The predicted molar refractivity (Wildman–Crippen MR) is 65.6 cm³/mol. The van der Waals surface area contributed by atoms with Gasteiger partial charge < -0.3 is 4.90 Å². The summed E-state index contributed by atoms with van der Waals surface area (Å²) in [6, 6.07) is 4.27. The van der Waals surface area contributed by atoms with Crippen LogP contribution in [-0.2, 0) is 0 Å². The molecule has 1 saturated carbocycles. The second-order valence-electron chi connectivity index (χ2n) is 4.84. The van der Waals surface area contributed by atoms with E-state index >= 15 is 0 Å².